The van der Waals surface area contributed by atoms with Crippen molar-refractivity contribution in [3.05, 3.63) is 47.3 Å². The zero-order valence-corrected chi connectivity index (χ0v) is 19.7. The van der Waals surface area contributed by atoms with Crippen LogP contribution in [-0.4, -0.2) is 81.2 Å². The van der Waals surface area contributed by atoms with Crippen LogP contribution in [0.1, 0.15) is 31.2 Å². The van der Waals surface area contributed by atoms with Gasteiger partial charge < -0.3 is 25.7 Å². The molecule has 1 aromatic rings. The number of halogens is 4. The topological polar surface area (TPSA) is 141 Å². The van der Waals surface area contributed by atoms with Crippen LogP contribution in [-0.2, 0) is 25.6 Å². The third kappa shape index (κ3) is 7.06. The van der Waals surface area contributed by atoms with E-state index >= 15 is 0 Å². The maximum Gasteiger partial charge on any atom is 0.328 e. The number of alkyl halides is 1. The van der Waals surface area contributed by atoms with Gasteiger partial charge in [-0.15, -0.1) is 0 Å². The molecule has 0 radical (unpaired) electrons. The van der Waals surface area contributed by atoms with Gasteiger partial charge in [0.25, 0.3) is 5.91 Å². The second-order valence-electron chi connectivity index (χ2n) is 9.41. The van der Waals surface area contributed by atoms with E-state index in [4.69, 9.17) is 15.9 Å². The number of hydrogen-bond acceptors (Lipinski definition) is 5. The van der Waals surface area contributed by atoms with E-state index in [0.717, 1.165) is 12.5 Å². The highest BCUT2D eigenvalue weighted by atomic mass is 19.2. The fraction of sp³-hybridized carbons (Fsp3) is 0.500. The molecule has 1 unspecified atom stereocenters. The molecular formula is C24H27F4N3O6. The second-order valence-corrected chi connectivity index (χ2v) is 9.41. The van der Waals surface area contributed by atoms with Gasteiger partial charge in [-0.1, -0.05) is 0 Å². The molecule has 4 N–H and O–H groups in total. The Morgan fingerprint density at radius 2 is 1.62 bits per heavy atom. The van der Waals surface area contributed by atoms with E-state index < -0.39 is 47.0 Å². The highest BCUT2D eigenvalue weighted by Crippen LogP contribution is 2.43. The summed E-state index contributed by atoms with van der Waals surface area (Å²) < 4.78 is 54.3. The molecule has 2 aliphatic heterocycles. The molecule has 13 heteroatoms. The fourth-order valence-corrected chi connectivity index (χ4v) is 4.60. The van der Waals surface area contributed by atoms with Gasteiger partial charge in [0.1, 0.15) is 5.82 Å². The summed E-state index contributed by atoms with van der Waals surface area (Å²) in [5.74, 6) is -6.46. The van der Waals surface area contributed by atoms with Gasteiger partial charge in [-0.25, -0.2) is 27.2 Å². The molecule has 0 spiro atoms. The molecule has 3 aliphatic rings. The van der Waals surface area contributed by atoms with Gasteiger partial charge in [-0.3, -0.25) is 9.59 Å². The lowest BCUT2D eigenvalue weighted by Crippen LogP contribution is -2.44. The smallest absolute Gasteiger partial charge is 0.328 e. The second kappa shape index (κ2) is 11.3. The van der Waals surface area contributed by atoms with E-state index in [0.29, 0.717) is 37.9 Å². The summed E-state index contributed by atoms with van der Waals surface area (Å²) in [6, 6.07) is 0.291. The highest BCUT2D eigenvalue weighted by Gasteiger charge is 2.55. The number of benzene rings is 1. The van der Waals surface area contributed by atoms with Crippen molar-refractivity contribution in [1.82, 2.24) is 9.80 Å². The summed E-state index contributed by atoms with van der Waals surface area (Å²) in [6.07, 6.45) is 2.18. The summed E-state index contributed by atoms with van der Waals surface area (Å²) in [6.45, 7) is 1.29. The van der Waals surface area contributed by atoms with Crippen LogP contribution in [0.3, 0.4) is 0 Å². The Morgan fingerprint density at radius 1 is 1.03 bits per heavy atom. The Labute approximate surface area is 209 Å². The Balaban J connectivity index is 0.000000414. The first-order chi connectivity index (χ1) is 17.3. The molecule has 9 nitrogen and oxygen atoms in total. The van der Waals surface area contributed by atoms with Crippen molar-refractivity contribution in [1.29, 1.82) is 0 Å². The molecule has 0 bridgehead atoms. The van der Waals surface area contributed by atoms with Crippen LogP contribution in [0.2, 0.25) is 0 Å². The van der Waals surface area contributed by atoms with E-state index in [-0.39, 0.29) is 49.1 Å². The molecule has 202 valence electrons. The van der Waals surface area contributed by atoms with E-state index in [9.17, 15) is 36.7 Å². The first-order valence-electron chi connectivity index (χ1n) is 11.6. The molecule has 2 amide bonds. The summed E-state index contributed by atoms with van der Waals surface area (Å²) in [7, 11) is 0. The van der Waals surface area contributed by atoms with Gasteiger partial charge in [0, 0.05) is 56.2 Å². The summed E-state index contributed by atoms with van der Waals surface area (Å²) in [5, 5.41) is 15.6. The number of carboxylic acid groups (broad SMARTS) is 2. The van der Waals surface area contributed by atoms with Crippen LogP contribution in [0.15, 0.2) is 24.3 Å². The van der Waals surface area contributed by atoms with E-state index in [2.05, 4.69) is 0 Å². The largest absolute Gasteiger partial charge is 0.478 e. The number of fused-ring (bicyclic) bond motifs is 1. The van der Waals surface area contributed by atoms with E-state index in [1.807, 2.05) is 0 Å². The molecule has 1 aliphatic carbocycles. The lowest BCUT2D eigenvalue weighted by atomic mass is 10.0. The van der Waals surface area contributed by atoms with Gasteiger partial charge in [-0.2, -0.15) is 0 Å². The fourth-order valence-electron chi connectivity index (χ4n) is 4.60. The molecule has 2 saturated heterocycles. The van der Waals surface area contributed by atoms with Gasteiger partial charge in [0.05, 0.1) is 6.04 Å². The highest BCUT2D eigenvalue weighted by molar-refractivity contribution is 5.89. The van der Waals surface area contributed by atoms with Crippen LogP contribution < -0.4 is 5.73 Å². The molecular weight excluding hydrogens is 502 g/mol. The molecule has 1 saturated carbocycles. The predicted molar refractivity (Wildman–Crippen MR) is 120 cm³/mol. The molecule has 0 aromatic heterocycles. The number of aliphatic carboxylic acids is 2. The zero-order chi connectivity index (χ0) is 27.5. The Hall–Kier alpha value is -3.48. The van der Waals surface area contributed by atoms with Crippen LogP contribution in [0, 0.1) is 23.4 Å². The normalized spacial score (nSPS) is 22.3. The molecule has 4 rings (SSSR count). The third-order valence-corrected chi connectivity index (χ3v) is 6.60. The monoisotopic (exact) mass is 529 g/mol. The zero-order valence-electron chi connectivity index (χ0n) is 19.7. The van der Waals surface area contributed by atoms with E-state index in [1.54, 1.807) is 4.90 Å². The molecule has 3 fully saturated rings. The first-order valence-corrected chi connectivity index (χ1v) is 11.6. The summed E-state index contributed by atoms with van der Waals surface area (Å²) in [5.41, 5.74) is 4.16. The van der Waals surface area contributed by atoms with Crippen molar-refractivity contribution in [2.24, 2.45) is 11.7 Å². The minimum atomic E-state index is -1.72. The van der Waals surface area contributed by atoms with Crippen LogP contribution in [0.5, 0.6) is 0 Å². The van der Waals surface area contributed by atoms with Crippen molar-refractivity contribution in [2.75, 3.05) is 19.6 Å². The Bertz CT molecular complexity index is 1090. The number of carboxylic acids is 2. The maximum absolute atomic E-state index is 14.1. The minimum Gasteiger partial charge on any atom is -0.478 e. The third-order valence-electron chi connectivity index (χ3n) is 6.60. The number of nitrogens with zero attached hydrogens (tertiary/aromatic N) is 2. The number of amides is 2. The molecule has 1 aromatic carbocycles. The first kappa shape index (κ1) is 28.1. The average Bonchev–Trinajstić information content (AvgIpc) is 3.24. The van der Waals surface area contributed by atoms with Crippen LogP contribution in [0.4, 0.5) is 17.6 Å². The minimum absolute atomic E-state index is 0.0807. The predicted octanol–water partition coefficient (Wildman–Crippen LogP) is 1.64. The summed E-state index contributed by atoms with van der Waals surface area (Å²) >= 11 is 0. The Kier molecular flexibility index (Phi) is 8.57. The molecule has 2 heterocycles. The maximum atomic E-state index is 14.1. The van der Waals surface area contributed by atoms with Gasteiger partial charge in [0.2, 0.25) is 5.91 Å². The van der Waals surface area contributed by atoms with Crippen LogP contribution >= 0.6 is 0 Å². The quantitative estimate of drug-likeness (QED) is 0.277. The number of rotatable bonds is 7. The number of nitrogens with two attached hydrogens (primary N) is 1. The summed E-state index contributed by atoms with van der Waals surface area (Å²) in [4.78, 5) is 47.2. The number of hydrogen-bond donors (Lipinski definition) is 3. The lowest BCUT2D eigenvalue weighted by Gasteiger charge is -2.26. The van der Waals surface area contributed by atoms with Crippen molar-refractivity contribution >= 4 is 23.8 Å². The molecule has 3 atom stereocenters. The lowest BCUT2D eigenvalue weighted by molar-refractivity contribution is -0.138. The van der Waals surface area contributed by atoms with Crippen molar-refractivity contribution in [3.8, 4) is 0 Å². The SMILES string of the molecule is NC(CC(=O)N1CC[C@H]2CN(C(=O)C3(F)CC3)C[C@H]21)Cc1cc(F)c(F)cc1F.O=C(O)C=CC(=O)O. The number of carbonyl (C=O) groups is 4. The Morgan fingerprint density at radius 3 is 2.19 bits per heavy atom. The van der Waals surface area contributed by atoms with Crippen molar-refractivity contribution in [2.45, 2.75) is 49.9 Å². The van der Waals surface area contributed by atoms with Crippen LogP contribution in [0.25, 0.3) is 0 Å². The van der Waals surface area contributed by atoms with Crippen molar-refractivity contribution in [3.63, 3.8) is 0 Å². The molecule has 37 heavy (non-hydrogen) atoms. The van der Waals surface area contributed by atoms with Gasteiger partial charge in [0.15, 0.2) is 17.3 Å². The van der Waals surface area contributed by atoms with E-state index in [1.165, 1.54) is 4.90 Å². The standard InChI is InChI=1S/C20H23F4N3O2.C4H4O4/c21-14-8-16(23)15(22)6-12(14)5-13(25)7-18(28)27-4-1-11-9-26(10-17(11)27)19(29)20(24)2-3-20;5-3(6)1-2-4(7)8/h6,8,11,13,17H,1-5,7,9-10,25H2;1-2H,(H,5,6)(H,7,8)/t11-,13?,17+;/m0./s1. The number of carbonyl (C=O) groups excluding carboxylic acids is 2. The average molecular weight is 529 g/mol. The van der Waals surface area contributed by atoms with Gasteiger partial charge >= 0.3 is 11.9 Å². The van der Waals surface area contributed by atoms with Gasteiger partial charge in [-0.05, 0) is 37.3 Å². The number of likely N-dealkylation sites (tertiary alicyclic amines) is 2. The van der Waals surface area contributed by atoms with Crippen molar-refractivity contribution < 1.29 is 47.0 Å².